The number of amides is 1. The molecule has 1 saturated carbocycles. The van der Waals surface area contributed by atoms with Crippen molar-refractivity contribution in [2.45, 2.75) is 69.2 Å². The zero-order valence-corrected chi connectivity index (χ0v) is 19.4. The van der Waals surface area contributed by atoms with Crippen LogP contribution in [0.2, 0.25) is 0 Å². The van der Waals surface area contributed by atoms with Crippen LogP contribution in [0.15, 0.2) is 65.6 Å². The molecule has 2 aliphatic carbocycles. The van der Waals surface area contributed by atoms with Crippen LogP contribution in [0.4, 0.5) is 5.69 Å². The average molecular weight is 443 g/mol. The number of nitrogens with zero attached hydrogens (tertiary/aromatic N) is 1. The van der Waals surface area contributed by atoms with Gasteiger partial charge in [-0.05, 0) is 49.9 Å². The molecule has 5 nitrogen and oxygen atoms in total. The van der Waals surface area contributed by atoms with Gasteiger partial charge < -0.3 is 4.90 Å². The van der Waals surface area contributed by atoms with E-state index in [-0.39, 0.29) is 22.3 Å². The Kier molecular flexibility index (Phi) is 7.89. The van der Waals surface area contributed by atoms with E-state index in [4.69, 9.17) is 0 Å². The van der Waals surface area contributed by atoms with Crippen LogP contribution in [-0.4, -0.2) is 27.4 Å². The lowest BCUT2D eigenvalue weighted by atomic mass is 9.79. The zero-order valence-electron chi connectivity index (χ0n) is 18.6. The Labute approximate surface area is 187 Å². The number of anilines is 1. The second-order valence-electron chi connectivity index (χ2n) is 8.61. The number of allylic oxidation sites excluding steroid dienone is 5. The Bertz CT molecular complexity index is 939. The molecule has 168 valence electrons. The lowest BCUT2D eigenvalue weighted by molar-refractivity contribution is -0.113. The van der Waals surface area contributed by atoms with Crippen LogP contribution in [0.5, 0.6) is 0 Å². The van der Waals surface area contributed by atoms with E-state index in [2.05, 4.69) is 23.8 Å². The lowest BCUT2D eigenvalue weighted by Gasteiger charge is -2.26. The van der Waals surface area contributed by atoms with Crippen molar-refractivity contribution in [1.82, 2.24) is 4.72 Å². The molecule has 2 aliphatic rings. The van der Waals surface area contributed by atoms with Crippen molar-refractivity contribution < 1.29 is 13.2 Å². The number of benzene rings is 1. The van der Waals surface area contributed by atoms with Crippen LogP contribution >= 0.6 is 0 Å². The summed E-state index contributed by atoms with van der Waals surface area (Å²) in [5.41, 5.74) is 0.542. The van der Waals surface area contributed by atoms with E-state index in [0.29, 0.717) is 5.69 Å². The third-order valence-corrected chi connectivity index (χ3v) is 7.97. The largest absolute Gasteiger partial charge is 0.312 e. The molecule has 0 aromatic heterocycles. The van der Waals surface area contributed by atoms with E-state index in [1.54, 1.807) is 37.4 Å². The molecule has 3 rings (SSSR count). The third kappa shape index (κ3) is 6.17. The molecule has 1 atom stereocenters. The minimum Gasteiger partial charge on any atom is -0.312 e. The molecule has 0 saturated heterocycles. The van der Waals surface area contributed by atoms with Crippen LogP contribution in [0.25, 0.3) is 0 Å². The highest BCUT2D eigenvalue weighted by Gasteiger charge is 2.23. The quantitative estimate of drug-likeness (QED) is 0.471. The molecule has 1 aromatic carbocycles. The van der Waals surface area contributed by atoms with Crippen molar-refractivity contribution in [2.24, 2.45) is 5.41 Å². The van der Waals surface area contributed by atoms with Gasteiger partial charge in [0.25, 0.3) is 0 Å². The lowest BCUT2D eigenvalue weighted by Crippen LogP contribution is -2.34. The van der Waals surface area contributed by atoms with Crippen LogP contribution < -0.4 is 9.62 Å². The Morgan fingerprint density at radius 2 is 1.81 bits per heavy atom. The van der Waals surface area contributed by atoms with Crippen LogP contribution in [-0.2, 0) is 14.8 Å². The summed E-state index contributed by atoms with van der Waals surface area (Å²) in [4.78, 5) is 14.5. The van der Waals surface area contributed by atoms with Crippen molar-refractivity contribution in [2.75, 3.05) is 11.9 Å². The maximum Gasteiger partial charge on any atom is 0.250 e. The van der Waals surface area contributed by atoms with Gasteiger partial charge in [-0.25, -0.2) is 13.1 Å². The summed E-state index contributed by atoms with van der Waals surface area (Å²) in [5.74, 6) is -0.136. The van der Waals surface area contributed by atoms with Crippen LogP contribution in [0, 0.1) is 5.41 Å². The molecule has 0 bridgehead atoms. The van der Waals surface area contributed by atoms with E-state index in [1.807, 2.05) is 18.2 Å². The Morgan fingerprint density at radius 1 is 1.13 bits per heavy atom. The third-order valence-electron chi connectivity index (χ3n) is 6.43. The van der Waals surface area contributed by atoms with Gasteiger partial charge in [0, 0.05) is 30.3 Å². The van der Waals surface area contributed by atoms with E-state index >= 15 is 0 Å². The van der Waals surface area contributed by atoms with Gasteiger partial charge in [0.1, 0.15) is 0 Å². The number of nitrogens with one attached hydrogen (secondary N) is 1. The molecule has 6 heteroatoms. The Balaban J connectivity index is 1.65. The number of carbonyl (C=O) groups excluding carboxylic acids is 1. The second kappa shape index (κ2) is 10.4. The van der Waals surface area contributed by atoms with Crippen molar-refractivity contribution in [1.29, 1.82) is 0 Å². The summed E-state index contributed by atoms with van der Waals surface area (Å²) in [6.07, 6.45) is 20.0. The maximum absolute atomic E-state index is 12.8. The van der Waals surface area contributed by atoms with Crippen LogP contribution in [0.1, 0.15) is 58.3 Å². The monoisotopic (exact) mass is 442 g/mol. The fourth-order valence-corrected chi connectivity index (χ4v) is 5.50. The molecule has 0 aliphatic heterocycles. The van der Waals surface area contributed by atoms with Gasteiger partial charge in [-0.2, -0.15) is 0 Å². The topological polar surface area (TPSA) is 66.5 Å². The summed E-state index contributed by atoms with van der Waals surface area (Å²) in [6, 6.07) is 6.53. The molecule has 1 N–H and O–H groups in total. The molecule has 1 aromatic rings. The first-order valence-electron chi connectivity index (χ1n) is 11.3. The zero-order chi connectivity index (χ0) is 22.3. The summed E-state index contributed by atoms with van der Waals surface area (Å²) >= 11 is 0. The summed E-state index contributed by atoms with van der Waals surface area (Å²) in [7, 11) is -1.85. The summed E-state index contributed by atoms with van der Waals surface area (Å²) < 4.78 is 28.4. The molecule has 1 fully saturated rings. The first kappa shape index (κ1) is 23.5. The highest BCUT2D eigenvalue weighted by Crippen LogP contribution is 2.33. The molecule has 1 amide bonds. The van der Waals surface area contributed by atoms with Gasteiger partial charge in [-0.15, -0.1) is 0 Å². The predicted octanol–water partition coefficient (Wildman–Crippen LogP) is 5.12. The first-order valence-corrected chi connectivity index (χ1v) is 12.8. The van der Waals surface area contributed by atoms with Gasteiger partial charge in [0.05, 0.1) is 4.90 Å². The Hall–Kier alpha value is -2.18. The van der Waals surface area contributed by atoms with E-state index in [9.17, 15) is 13.2 Å². The number of carbonyl (C=O) groups is 1. The summed E-state index contributed by atoms with van der Waals surface area (Å²) in [5, 5.41) is 0. The first-order chi connectivity index (χ1) is 14.9. The second-order valence-corrected chi connectivity index (χ2v) is 10.3. The van der Waals surface area contributed by atoms with Crippen molar-refractivity contribution in [3.05, 3.63) is 60.7 Å². The normalized spacial score (nSPS) is 22.5. The average Bonchev–Trinajstić information content (AvgIpc) is 3.06. The minimum atomic E-state index is -3.56. The molecule has 0 heterocycles. The van der Waals surface area contributed by atoms with Gasteiger partial charge in [0.2, 0.25) is 15.9 Å². The predicted molar refractivity (Wildman–Crippen MR) is 126 cm³/mol. The van der Waals surface area contributed by atoms with Crippen molar-refractivity contribution >= 4 is 21.6 Å². The standard InChI is InChI=1S/C25H34N2O3S/c1-3-25(18-9-6-10-19-25)20-17-24(28)27(2)22-13-15-23(16-14-22)31(29,30)26-21-11-7-4-5-8-12-21/h6,9-10,13-18,20-21,26H,3-5,7-8,11-12,19H2,1-2H3. The smallest absolute Gasteiger partial charge is 0.250 e. The van der Waals surface area contributed by atoms with Gasteiger partial charge in [-0.3, -0.25) is 4.79 Å². The molecule has 0 radical (unpaired) electrons. The molecule has 1 unspecified atom stereocenters. The fraction of sp³-hybridized carbons (Fsp3) is 0.480. The molecular formula is C25H34N2O3S. The highest BCUT2D eigenvalue weighted by molar-refractivity contribution is 7.89. The van der Waals surface area contributed by atoms with E-state index in [1.165, 1.54) is 17.7 Å². The highest BCUT2D eigenvalue weighted by atomic mass is 32.2. The maximum atomic E-state index is 12.8. The van der Waals surface area contributed by atoms with Crippen molar-refractivity contribution in [3.63, 3.8) is 0 Å². The van der Waals surface area contributed by atoms with E-state index in [0.717, 1.165) is 38.5 Å². The SMILES string of the molecule is CCC1(C=CC(=O)N(C)c2ccc(S(=O)(=O)NC3CCCCCC3)cc2)C=CC=CC1. The number of hydrogen-bond acceptors (Lipinski definition) is 3. The minimum absolute atomic E-state index is 0.0103. The number of likely N-dealkylation sites (N-methyl/N-ethyl adjacent to an activating group) is 1. The molecule has 0 spiro atoms. The van der Waals surface area contributed by atoms with Gasteiger partial charge in [-0.1, -0.05) is 63.0 Å². The number of sulfonamides is 1. The Morgan fingerprint density at radius 3 is 2.39 bits per heavy atom. The van der Waals surface area contributed by atoms with Crippen molar-refractivity contribution in [3.8, 4) is 0 Å². The summed E-state index contributed by atoms with van der Waals surface area (Å²) in [6.45, 7) is 2.12. The number of rotatable bonds is 7. The van der Waals surface area contributed by atoms with Crippen LogP contribution in [0.3, 0.4) is 0 Å². The molecular weight excluding hydrogens is 408 g/mol. The fourth-order valence-electron chi connectivity index (χ4n) is 4.19. The molecule has 31 heavy (non-hydrogen) atoms. The van der Waals surface area contributed by atoms with Gasteiger partial charge in [0.15, 0.2) is 0 Å². The van der Waals surface area contributed by atoms with E-state index < -0.39 is 10.0 Å². The van der Waals surface area contributed by atoms with Gasteiger partial charge >= 0.3 is 0 Å². The number of hydrogen-bond donors (Lipinski definition) is 1.